The number of hydrogen-bond donors (Lipinski definition) is 0. The first-order valence-corrected chi connectivity index (χ1v) is 8.34. The summed E-state index contributed by atoms with van der Waals surface area (Å²) in [4.78, 5) is 20.2. The van der Waals surface area contributed by atoms with Crippen molar-refractivity contribution in [2.75, 3.05) is 0 Å². The molecule has 0 saturated heterocycles. The first-order valence-electron chi connectivity index (χ1n) is 7.52. The Morgan fingerprint density at radius 1 is 1.04 bits per heavy atom. The van der Waals surface area contributed by atoms with Crippen LogP contribution in [0.2, 0.25) is 0 Å². The average molecular weight is 348 g/mol. The number of rotatable bonds is 4. The molecule has 0 aliphatic carbocycles. The molecule has 0 N–H and O–H groups in total. The lowest BCUT2D eigenvalue weighted by Gasteiger charge is -2.00. The summed E-state index contributed by atoms with van der Waals surface area (Å²) in [5.41, 5.74) is 1.99. The fraction of sp³-hybridized carbons (Fsp3) is 0. The van der Waals surface area contributed by atoms with Gasteiger partial charge in [-0.05, 0) is 36.4 Å². The minimum atomic E-state index is -0.402. The standard InChI is InChI=1S/C18H12N4O2S/c23-22(24)14-6-8-15(9-7-14)25-18-16-5-1-2-11-21(16)17(20-18)13-4-3-10-19-12-13/h1-12H. The lowest BCUT2D eigenvalue weighted by atomic mass is 10.3. The summed E-state index contributed by atoms with van der Waals surface area (Å²) in [5.74, 6) is 0.813. The van der Waals surface area contributed by atoms with E-state index in [1.165, 1.54) is 23.9 Å². The molecule has 4 aromatic rings. The lowest BCUT2D eigenvalue weighted by molar-refractivity contribution is -0.384. The van der Waals surface area contributed by atoms with E-state index in [1.54, 1.807) is 24.5 Å². The molecule has 0 aliphatic rings. The summed E-state index contributed by atoms with van der Waals surface area (Å²) in [6, 6.07) is 16.2. The van der Waals surface area contributed by atoms with E-state index in [2.05, 4.69) is 4.98 Å². The molecule has 7 heteroatoms. The Morgan fingerprint density at radius 3 is 2.60 bits per heavy atom. The van der Waals surface area contributed by atoms with Gasteiger partial charge in [0.2, 0.25) is 0 Å². The number of nitro benzene ring substituents is 1. The minimum Gasteiger partial charge on any atom is -0.299 e. The van der Waals surface area contributed by atoms with Crippen LogP contribution in [-0.2, 0) is 0 Å². The Hall–Kier alpha value is -3.19. The van der Waals surface area contributed by atoms with Gasteiger partial charge in [-0.3, -0.25) is 19.5 Å². The van der Waals surface area contributed by atoms with Crippen LogP contribution in [0.5, 0.6) is 0 Å². The average Bonchev–Trinajstić information content (AvgIpc) is 3.02. The molecule has 0 amide bonds. The van der Waals surface area contributed by atoms with Gasteiger partial charge in [0.1, 0.15) is 10.9 Å². The second-order valence-corrected chi connectivity index (χ2v) is 6.35. The topological polar surface area (TPSA) is 73.3 Å². The number of benzene rings is 1. The predicted molar refractivity (Wildman–Crippen MR) is 95.6 cm³/mol. The molecule has 4 rings (SSSR count). The summed E-state index contributed by atoms with van der Waals surface area (Å²) in [6.07, 6.45) is 5.47. The summed E-state index contributed by atoms with van der Waals surface area (Å²) < 4.78 is 2.02. The smallest absolute Gasteiger partial charge is 0.269 e. The van der Waals surface area contributed by atoms with Gasteiger partial charge in [0.15, 0.2) is 0 Å². The molecule has 0 aliphatic heterocycles. The Bertz CT molecular complexity index is 1050. The van der Waals surface area contributed by atoms with Crippen LogP contribution in [-0.4, -0.2) is 19.3 Å². The molecule has 0 fully saturated rings. The van der Waals surface area contributed by atoms with Crippen molar-refractivity contribution in [3.63, 3.8) is 0 Å². The molecule has 0 unspecified atom stereocenters. The minimum absolute atomic E-state index is 0.0788. The van der Waals surface area contributed by atoms with E-state index in [0.29, 0.717) is 0 Å². The molecular formula is C18H12N4O2S. The maximum Gasteiger partial charge on any atom is 0.269 e. The predicted octanol–water partition coefficient (Wildman–Crippen LogP) is 4.46. The maximum atomic E-state index is 10.8. The molecule has 3 heterocycles. The van der Waals surface area contributed by atoms with Gasteiger partial charge in [-0.15, -0.1) is 0 Å². The zero-order valence-corrected chi connectivity index (χ0v) is 13.8. The summed E-state index contributed by atoms with van der Waals surface area (Å²) >= 11 is 1.48. The summed E-state index contributed by atoms with van der Waals surface area (Å²) in [5, 5.41) is 11.6. The molecule has 1 aromatic carbocycles. The van der Waals surface area contributed by atoms with Crippen molar-refractivity contribution in [3.8, 4) is 11.4 Å². The van der Waals surface area contributed by atoms with Crippen LogP contribution in [0, 0.1) is 10.1 Å². The highest BCUT2D eigenvalue weighted by atomic mass is 32.2. The molecule has 0 spiro atoms. The van der Waals surface area contributed by atoms with Crippen LogP contribution in [0.4, 0.5) is 5.69 Å². The second kappa shape index (κ2) is 6.37. The maximum absolute atomic E-state index is 10.8. The normalized spacial score (nSPS) is 10.9. The quantitative estimate of drug-likeness (QED) is 0.402. The third-order valence-corrected chi connectivity index (χ3v) is 4.70. The van der Waals surface area contributed by atoms with Gasteiger partial charge in [0, 0.05) is 41.2 Å². The van der Waals surface area contributed by atoms with Crippen molar-refractivity contribution < 1.29 is 4.92 Å². The first-order chi connectivity index (χ1) is 12.2. The van der Waals surface area contributed by atoms with Crippen molar-refractivity contribution in [1.29, 1.82) is 0 Å². The Balaban J connectivity index is 1.76. The van der Waals surface area contributed by atoms with Crippen LogP contribution in [0.15, 0.2) is 83.1 Å². The summed E-state index contributed by atoms with van der Waals surface area (Å²) in [7, 11) is 0. The number of aromatic nitrogens is 3. The Kier molecular flexibility index (Phi) is 3.91. The van der Waals surface area contributed by atoms with E-state index < -0.39 is 4.92 Å². The molecule has 0 radical (unpaired) electrons. The van der Waals surface area contributed by atoms with E-state index >= 15 is 0 Å². The van der Waals surface area contributed by atoms with E-state index in [9.17, 15) is 10.1 Å². The Morgan fingerprint density at radius 2 is 1.88 bits per heavy atom. The van der Waals surface area contributed by atoms with Crippen molar-refractivity contribution in [3.05, 3.63) is 83.3 Å². The molecule has 3 aromatic heterocycles. The third-order valence-electron chi connectivity index (χ3n) is 3.70. The van der Waals surface area contributed by atoms with Gasteiger partial charge >= 0.3 is 0 Å². The zero-order valence-electron chi connectivity index (χ0n) is 12.9. The van der Waals surface area contributed by atoms with Gasteiger partial charge in [-0.1, -0.05) is 17.8 Å². The molecule has 0 atom stereocenters. The molecule has 6 nitrogen and oxygen atoms in total. The van der Waals surface area contributed by atoms with Crippen molar-refractivity contribution in [2.24, 2.45) is 0 Å². The number of pyridine rings is 2. The number of nitrogens with zero attached hydrogens (tertiary/aromatic N) is 4. The molecule has 0 bridgehead atoms. The zero-order chi connectivity index (χ0) is 17.2. The van der Waals surface area contributed by atoms with Gasteiger partial charge in [0.25, 0.3) is 5.69 Å². The number of fused-ring (bicyclic) bond motifs is 1. The van der Waals surface area contributed by atoms with Gasteiger partial charge in [-0.2, -0.15) is 0 Å². The van der Waals surface area contributed by atoms with Crippen molar-refractivity contribution >= 4 is 23.0 Å². The van der Waals surface area contributed by atoms with Crippen LogP contribution < -0.4 is 0 Å². The lowest BCUT2D eigenvalue weighted by Crippen LogP contribution is -1.88. The van der Waals surface area contributed by atoms with Crippen molar-refractivity contribution in [2.45, 2.75) is 9.92 Å². The fourth-order valence-electron chi connectivity index (χ4n) is 2.53. The Labute approximate surface area is 147 Å². The van der Waals surface area contributed by atoms with Gasteiger partial charge in [-0.25, -0.2) is 4.98 Å². The van der Waals surface area contributed by atoms with E-state index in [-0.39, 0.29) is 5.69 Å². The number of imidazole rings is 1. The van der Waals surface area contributed by atoms with Gasteiger partial charge in [0.05, 0.1) is 10.4 Å². The highest BCUT2D eigenvalue weighted by Gasteiger charge is 2.14. The van der Waals surface area contributed by atoms with Crippen LogP contribution >= 0.6 is 11.8 Å². The van der Waals surface area contributed by atoms with Gasteiger partial charge < -0.3 is 0 Å². The SMILES string of the molecule is O=[N+]([O-])c1ccc(Sc2nc(-c3cccnc3)n3ccccc23)cc1. The van der Waals surface area contributed by atoms with Crippen LogP contribution in [0.1, 0.15) is 0 Å². The fourth-order valence-corrected chi connectivity index (χ4v) is 3.43. The molecule has 25 heavy (non-hydrogen) atoms. The van der Waals surface area contributed by atoms with E-state index in [0.717, 1.165) is 26.8 Å². The number of non-ortho nitro benzene ring substituents is 1. The third kappa shape index (κ3) is 2.97. The van der Waals surface area contributed by atoms with Crippen LogP contribution in [0.25, 0.3) is 16.9 Å². The van der Waals surface area contributed by atoms with Crippen molar-refractivity contribution in [1.82, 2.24) is 14.4 Å². The monoisotopic (exact) mass is 348 g/mol. The molecular weight excluding hydrogens is 336 g/mol. The second-order valence-electron chi connectivity index (χ2n) is 5.29. The van der Waals surface area contributed by atoms with E-state index in [1.807, 2.05) is 40.9 Å². The number of hydrogen-bond acceptors (Lipinski definition) is 5. The summed E-state index contributed by atoms with van der Waals surface area (Å²) in [6.45, 7) is 0. The highest BCUT2D eigenvalue weighted by Crippen LogP contribution is 2.34. The number of nitro groups is 1. The molecule has 122 valence electrons. The van der Waals surface area contributed by atoms with Crippen LogP contribution in [0.3, 0.4) is 0 Å². The van der Waals surface area contributed by atoms with E-state index in [4.69, 9.17) is 4.98 Å². The highest BCUT2D eigenvalue weighted by molar-refractivity contribution is 7.99. The largest absolute Gasteiger partial charge is 0.299 e. The first kappa shape index (κ1) is 15.3. The molecule has 0 saturated carbocycles.